The summed E-state index contributed by atoms with van der Waals surface area (Å²) in [7, 11) is 1.83. The molecule has 19 heavy (non-hydrogen) atoms. The number of benzene rings is 1. The van der Waals surface area contributed by atoms with Crippen LogP contribution >= 0.6 is 0 Å². The van der Waals surface area contributed by atoms with E-state index in [0.717, 1.165) is 11.3 Å². The molecule has 2 aromatic rings. The van der Waals surface area contributed by atoms with Crippen molar-refractivity contribution >= 4 is 0 Å². The molecule has 0 aliphatic heterocycles. The first-order valence-electron chi connectivity index (χ1n) is 6.20. The Morgan fingerprint density at radius 1 is 1.32 bits per heavy atom. The monoisotopic (exact) mass is 260 g/mol. The molecule has 0 fully saturated rings. The summed E-state index contributed by atoms with van der Waals surface area (Å²) in [6.45, 7) is 2.33. The lowest BCUT2D eigenvalue weighted by Gasteiger charge is -2.16. The molecule has 1 unspecified atom stereocenters. The van der Waals surface area contributed by atoms with Gasteiger partial charge in [-0.3, -0.25) is 4.98 Å². The SMILES string of the molecule is CNC(C)c1cc(F)ccc1OCc1ccccn1. The van der Waals surface area contributed by atoms with Gasteiger partial charge < -0.3 is 10.1 Å². The van der Waals surface area contributed by atoms with Crippen LogP contribution in [0.1, 0.15) is 24.2 Å². The summed E-state index contributed by atoms with van der Waals surface area (Å²) in [5.74, 6) is 0.413. The van der Waals surface area contributed by atoms with Crippen LogP contribution < -0.4 is 10.1 Å². The molecule has 4 heteroatoms. The molecule has 0 saturated carbocycles. The molecule has 1 heterocycles. The lowest BCUT2D eigenvalue weighted by molar-refractivity contribution is 0.295. The number of ether oxygens (including phenoxy) is 1. The van der Waals surface area contributed by atoms with Crippen LogP contribution in [-0.4, -0.2) is 12.0 Å². The zero-order valence-electron chi connectivity index (χ0n) is 11.1. The van der Waals surface area contributed by atoms with Crippen LogP contribution in [0.25, 0.3) is 0 Å². The minimum Gasteiger partial charge on any atom is -0.487 e. The van der Waals surface area contributed by atoms with Gasteiger partial charge in [0.2, 0.25) is 0 Å². The average Bonchev–Trinajstić information content (AvgIpc) is 2.46. The molecule has 2 rings (SSSR count). The lowest BCUT2D eigenvalue weighted by Crippen LogP contribution is -2.14. The molecule has 0 saturated heterocycles. The highest BCUT2D eigenvalue weighted by molar-refractivity contribution is 5.36. The first kappa shape index (κ1) is 13.5. The van der Waals surface area contributed by atoms with E-state index in [9.17, 15) is 4.39 Å². The standard InChI is InChI=1S/C15H17FN2O/c1-11(17-2)14-9-12(16)6-7-15(14)19-10-13-5-3-4-8-18-13/h3-9,11,17H,10H2,1-2H3. The molecular formula is C15H17FN2O. The fraction of sp³-hybridized carbons (Fsp3) is 0.267. The van der Waals surface area contributed by atoms with Gasteiger partial charge in [-0.2, -0.15) is 0 Å². The summed E-state index contributed by atoms with van der Waals surface area (Å²) < 4.78 is 19.0. The van der Waals surface area contributed by atoms with Crippen LogP contribution in [0.2, 0.25) is 0 Å². The highest BCUT2D eigenvalue weighted by Gasteiger charge is 2.11. The average molecular weight is 260 g/mol. The Morgan fingerprint density at radius 2 is 2.16 bits per heavy atom. The van der Waals surface area contributed by atoms with E-state index in [2.05, 4.69) is 10.3 Å². The Morgan fingerprint density at radius 3 is 2.84 bits per heavy atom. The van der Waals surface area contributed by atoms with Crippen molar-refractivity contribution in [1.82, 2.24) is 10.3 Å². The predicted octanol–water partition coefficient (Wildman–Crippen LogP) is 3.08. The second-order valence-electron chi connectivity index (χ2n) is 4.30. The summed E-state index contributed by atoms with van der Waals surface area (Å²) in [6.07, 6.45) is 1.72. The summed E-state index contributed by atoms with van der Waals surface area (Å²) in [6, 6.07) is 10.2. The van der Waals surface area contributed by atoms with Crippen molar-refractivity contribution in [2.75, 3.05) is 7.05 Å². The van der Waals surface area contributed by atoms with Gasteiger partial charge in [0.1, 0.15) is 18.2 Å². The number of rotatable bonds is 5. The largest absolute Gasteiger partial charge is 0.487 e. The van der Waals surface area contributed by atoms with E-state index in [4.69, 9.17) is 4.74 Å². The number of hydrogen-bond donors (Lipinski definition) is 1. The minimum atomic E-state index is -0.262. The van der Waals surface area contributed by atoms with E-state index in [1.165, 1.54) is 12.1 Å². The molecule has 0 aliphatic carbocycles. The van der Waals surface area contributed by atoms with E-state index in [0.29, 0.717) is 12.4 Å². The smallest absolute Gasteiger partial charge is 0.130 e. The normalized spacial score (nSPS) is 12.2. The molecule has 1 aromatic heterocycles. The highest BCUT2D eigenvalue weighted by atomic mass is 19.1. The number of pyridine rings is 1. The number of nitrogens with one attached hydrogen (secondary N) is 1. The van der Waals surface area contributed by atoms with Gasteiger partial charge in [0, 0.05) is 17.8 Å². The third kappa shape index (κ3) is 3.51. The second-order valence-corrected chi connectivity index (χ2v) is 4.30. The Kier molecular flexibility index (Phi) is 4.47. The van der Waals surface area contributed by atoms with Gasteiger partial charge in [0.05, 0.1) is 5.69 Å². The van der Waals surface area contributed by atoms with Crippen LogP contribution in [0.5, 0.6) is 5.75 Å². The van der Waals surface area contributed by atoms with Crippen LogP contribution in [0, 0.1) is 5.82 Å². The van der Waals surface area contributed by atoms with Crippen LogP contribution in [0.4, 0.5) is 4.39 Å². The molecular weight excluding hydrogens is 243 g/mol. The predicted molar refractivity (Wildman–Crippen MR) is 72.4 cm³/mol. The van der Waals surface area contributed by atoms with E-state index >= 15 is 0 Å². The molecule has 0 aliphatic rings. The van der Waals surface area contributed by atoms with Gasteiger partial charge in [-0.15, -0.1) is 0 Å². The van der Waals surface area contributed by atoms with Crippen LogP contribution in [0.15, 0.2) is 42.6 Å². The summed E-state index contributed by atoms with van der Waals surface area (Å²) in [5, 5.41) is 3.08. The Bertz CT molecular complexity index is 531. The number of hydrogen-bond acceptors (Lipinski definition) is 3. The maximum absolute atomic E-state index is 13.3. The van der Waals surface area contributed by atoms with Gasteiger partial charge in [-0.05, 0) is 44.3 Å². The molecule has 0 bridgehead atoms. The van der Waals surface area contributed by atoms with Crippen LogP contribution in [0.3, 0.4) is 0 Å². The van der Waals surface area contributed by atoms with Crippen molar-refractivity contribution in [3.8, 4) is 5.75 Å². The summed E-state index contributed by atoms with van der Waals surface area (Å²) in [4.78, 5) is 4.19. The first-order chi connectivity index (χ1) is 9.20. The van der Waals surface area contributed by atoms with E-state index < -0.39 is 0 Å². The number of halogens is 1. The fourth-order valence-electron chi connectivity index (χ4n) is 1.78. The fourth-order valence-corrected chi connectivity index (χ4v) is 1.78. The topological polar surface area (TPSA) is 34.1 Å². The summed E-state index contributed by atoms with van der Waals surface area (Å²) in [5.41, 5.74) is 1.65. The Labute approximate surface area is 112 Å². The second kappa shape index (κ2) is 6.29. The van der Waals surface area contributed by atoms with Crippen molar-refractivity contribution in [2.24, 2.45) is 0 Å². The maximum atomic E-state index is 13.3. The molecule has 1 N–H and O–H groups in total. The zero-order chi connectivity index (χ0) is 13.7. The van der Waals surface area contributed by atoms with E-state index in [1.54, 1.807) is 12.3 Å². The van der Waals surface area contributed by atoms with Crippen molar-refractivity contribution in [3.63, 3.8) is 0 Å². The Hall–Kier alpha value is -1.94. The van der Waals surface area contributed by atoms with E-state index in [-0.39, 0.29) is 11.9 Å². The third-order valence-corrected chi connectivity index (χ3v) is 2.97. The molecule has 1 aromatic carbocycles. The van der Waals surface area contributed by atoms with Gasteiger partial charge in [0.15, 0.2) is 0 Å². The van der Waals surface area contributed by atoms with Gasteiger partial charge in [-0.25, -0.2) is 4.39 Å². The highest BCUT2D eigenvalue weighted by Crippen LogP contribution is 2.26. The lowest BCUT2D eigenvalue weighted by atomic mass is 10.1. The molecule has 0 amide bonds. The van der Waals surface area contributed by atoms with Crippen molar-refractivity contribution in [2.45, 2.75) is 19.6 Å². The van der Waals surface area contributed by atoms with Crippen molar-refractivity contribution in [3.05, 3.63) is 59.7 Å². The first-order valence-corrected chi connectivity index (χ1v) is 6.20. The zero-order valence-corrected chi connectivity index (χ0v) is 11.1. The Balaban J connectivity index is 2.15. The molecule has 0 radical (unpaired) electrons. The van der Waals surface area contributed by atoms with Crippen molar-refractivity contribution < 1.29 is 9.13 Å². The number of aromatic nitrogens is 1. The van der Waals surface area contributed by atoms with Gasteiger partial charge >= 0.3 is 0 Å². The van der Waals surface area contributed by atoms with E-state index in [1.807, 2.05) is 32.2 Å². The summed E-state index contributed by atoms with van der Waals surface area (Å²) >= 11 is 0. The minimum absolute atomic E-state index is 0.0226. The number of nitrogens with zero attached hydrogens (tertiary/aromatic N) is 1. The van der Waals surface area contributed by atoms with Crippen LogP contribution in [-0.2, 0) is 6.61 Å². The molecule has 100 valence electrons. The third-order valence-electron chi connectivity index (χ3n) is 2.97. The van der Waals surface area contributed by atoms with Crippen molar-refractivity contribution in [1.29, 1.82) is 0 Å². The van der Waals surface area contributed by atoms with Gasteiger partial charge in [-0.1, -0.05) is 6.07 Å². The maximum Gasteiger partial charge on any atom is 0.130 e. The molecule has 1 atom stereocenters. The quantitative estimate of drug-likeness (QED) is 0.897. The molecule has 0 spiro atoms. The van der Waals surface area contributed by atoms with Gasteiger partial charge in [0.25, 0.3) is 0 Å². The molecule has 3 nitrogen and oxygen atoms in total.